The highest BCUT2D eigenvalue weighted by Crippen LogP contribution is 2.23. The van der Waals surface area contributed by atoms with Crippen molar-refractivity contribution in [2.75, 3.05) is 13.7 Å². The van der Waals surface area contributed by atoms with E-state index in [1.165, 1.54) is 15.8 Å². The first kappa shape index (κ1) is 16.5. The lowest BCUT2D eigenvalue weighted by atomic mass is 10.1. The number of aryl methyl sites for hydroxylation is 1. The summed E-state index contributed by atoms with van der Waals surface area (Å²) < 4.78 is 5.22. The molecular weight excluding hydrogens is 308 g/mol. The molecule has 2 atom stereocenters. The van der Waals surface area contributed by atoms with Gasteiger partial charge in [-0.3, -0.25) is 4.79 Å². The molecule has 0 saturated carbocycles. The second kappa shape index (κ2) is 7.05. The van der Waals surface area contributed by atoms with Crippen molar-refractivity contribution >= 4 is 22.8 Å². The summed E-state index contributed by atoms with van der Waals surface area (Å²) in [6.07, 6.45) is 3.98. The van der Waals surface area contributed by atoms with Gasteiger partial charge in [0.1, 0.15) is 6.04 Å². The maximum atomic E-state index is 12.4. The summed E-state index contributed by atoms with van der Waals surface area (Å²) >= 11 is 0. The Hall–Kier alpha value is -2.34. The van der Waals surface area contributed by atoms with Gasteiger partial charge in [-0.1, -0.05) is 18.2 Å². The smallest absolute Gasteiger partial charge is 0.326 e. The Morgan fingerprint density at radius 3 is 2.92 bits per heavy atom. The van der Waals surface area contributed by atoms with Crippen molar-refractivity contribution in [2.45, 2.75) is 37.8 Å². The molecule has 2 aromatic rings. The summed E-state index contributed by atoms with van der Waals surface area (Å²) in [6.45, 7) is 0.361. The maximum Gasteiger partial charge on any atom is 0.326 e. The SMILES string of the molecule is COC1CC(C(=O)O)N(C(=O)CCCc2c[nH]c3ccccc23)C1. The maximum absolute atomic E-state index is 12.4. The molecule has 0 aliphatic carbocycles. The van der Waals surface area contributed by atoms with E-state index in [9.17, 15) is 14.7 Å². The minimum absolute atomic E-state index is 0.109. The number of carboxylic acid groups (broad SMARTS) is 1. The van der Waals surface area contributed by atoms with Crippen molar-refractivity contribution in [1.29, 1.82) is 0 Å². The van der Waals surface area contributed by atoms with Crippen molar-refractivity contribution in [3.8, 4) is 0 Å². The first-order chi connectivity index (χ1) is 11.6. The van der Waals surface area contributed by atoms with E-state index in [1.807, 2.05) is 24.4 Å². The number of carbonyl (C=O) groups excluding carboxylic acids is 1. The second-order valence-electron chi connectivity index (χ2n) is 6.21. The molecule has 1 amide bonds. The molecule has 0 spiro atoms. The number of hydrogen-bond acceptors (Lipinski definition) is 3. The van der Waals surface area contributed by atoms with Crippen LogP contribution in [-0.2, 0) is 20.7 Å². The fraction of sp³-hybridized carbons (Fsp3) is 0.444. The highest BCUT2D eigenvalue weighted by molar-refractivity contribution is 5.85. The molecule has 6 nitrogen and oxygen atoms in total. The van der Waals surface area contributed by atoms with E-state index in [1.54, 1.807) is 7.11 Å². The fourth-order valence-electron chi connectivity index (χ4n) is 3.39. The molecule has 2 N–H and O–H groups in total. The number of nitrogens with zero attached hydrogens (tertiary/aromatic N) is 1. The van der Waals surface area contributed by atoms with Crippen LogP contribution in [0.25, 0.3) is 10.9 Å². The molecule has 1 aromatic heterocycles. The predicted molar refractivity (Wildman–Crippen MR) is 89.8 cm³/mol. The third-order valence-electron chi connectivity index (χ3n) is 4.71. The van der Waals surface area contributed by atoms with Crippen LogP contribution in [0.5, 0.6) is 0 Å². The summed E-state index contributed by atoms with van der Waals surface area (Å²) in [7, 11) is 1.55. The number of hydrogen-bond donors (Lipinski definition) is 2. The Kier molecular flexibility index (Phi) is 4.85. The lowest BCUT2D eigenvalue weighted by molar-refractivity contribution is -0.148. The number of ether oxygens (including phenoxy) is 1. The van der Waals surface area contributed by atoms with Crippen LogP contribution in [0.3, 0.4) is 0 Å². The van der Waals surface area contributed by atoms with E-state index in [4.69, 9.17) is 4.74 Å². The number of fused-ring (bicyclic) bond motifs is 1. The number of aromatic nitrogens is 1. The normalized spacial score (nSPS) is 20.6. The van der Waals surface area contributed by atoms with Crippen LogP contribution in [0.4, 0.5) is 0 Å². The van der Waals surface area contributed by atoms with Gasteiger partial charge in [-0.15, -0.1) is 0 Å². The van der Waals surface area contributed by atoms with Gasteiger partial charge in [-0.05, 0) is 24.5 Å². The highest BCUT2D eigenvalue weighted by Gasteiger charge is 2.39. The Balaban J connectivity index is 1.58. The first-order valence-electron chi connectivity index (χ1n) is 8.20. The van der Waals surface area contributed by atoms with E-state index in [0.717, 1.165) is 11.9 Å². The van der Waals surface area contributed by atoms with Gasteiger partial charge in [0.2, 0.25) is 5.91 Å². The summed E-state index contributed by atoms with van der Waals surface area (Å²) in [4.78, 5) is 28.4. The molecule has 0 bridgehead atoms. The van der Waals surface area contributed by atoms with E-state index >= 15 is 0 Å². The van der Waals surface area contributed by atoms with Crippen molar-refractivity contribution < 1.29 is 19.4 Å². The zero-order valence-electron chi connectivity index (χ0n) is 13.7. The molecule has 1 aromatic carbocycles. The number of carbonyl (C=O) groups is 2. The van der Waals surface area contributed by atoms with Gasteiger partial charge in [-0.2, -0.15) is 0 Å². The molecular formula is C18H22N2O4. The average Bonchev–Trinajstić information content (AvgIpc) is 3.19. The Morgan fingerprint density at radius 1 is 1.38 bits per heavy atom. The summed E-state index contributed by atoms with van der Waals surface area (Å²) in [6, 6.07) is 7.30. The zero-order chi connectivity index (χ0) is 17.1. The van der Waals surface area contributed by atoms with Crippen molar-refractivity contribution in [2.24, 2.45) is 0 Å². The van der Waals surface area contributed by atoms with E-state index in [0.29, 0.717) is 25.8 Å². The van der Waals surface area contributed by atoms with Gasteiger partial charge in [0, 0.05) is 43.6 Å². The minimum atomic E-state index is -0.959. The van der Waals surface area contributed by atoms with Gasteiger partial charge in [0.15, 0.2) is 0 Å². The number of rotatable bonds is 6. The lowest BCUT2D eigenvalue weighted by Crippen LogP contribution is -2.40. The Labute approximate surface area is 140 Å². The number of methoxy groups -OCH3 is 1. The van der Waals surface area contributed by atoms with Gasteiger partial charge in [0.25, 0.3) is 0 Å². The number of aromatic amines is 1. The van der Waals surface area contributed by atoms with Crippen LogP contribution in [0.1, 0.15) is 24.8 Å². The Bertz CT molecular complexity index is 739. The van der Waals surface area contributed by atoms with Crippen LogP contribution >= 0.6 is 0 Å². The molecule has 1 aliphatic heterocycles. The minimum Gasteiger partial charge on any atom is -0.480 e. The molecule has 3 rings (SSSR count). The zero-order valence-corrected chi connectivity index (χ0v) is 13.7. The third kappa shape index (κ3) is 3.28. The first-order valence-corrected chi connectivity index (χ1v) is 8.20. The van der Waals surface area contributed by atoms with E-state index in [2.05, 4.69) is 11.1 Å². The Morgan fingerprint density at radius 2 is 2.17 bits per heavy atom. The van der Waals surface area contributed by atoms with E-state index < -0.39 is 12.0 Å². The van der Waals surface area contributed by atoms with Crippen LogP contribution in [0.2, 0.25) is 0 Å². The van der Waals surface area contributed by atoms with Crippen molar-refractivity contribution in [3.63, 3.8) is 0 Å². The van der Waals surface area contributed by atoms with Crippen LogP contribution in [0.15, 0.2) is 30.5 Å². The number of aliphatic carboxylic acids is 1. The number of amides is 1. The molecule has 0 radical (unpaired) electrons. The topological polar surface area (TPSA) is 82.6 Å². The van der Waals surface area contributed by atoms with Crippen molar-refractivity contribution in [1.82, 2.24) is 9.88 Å². The van der Waals surface area contributed by atoms with Crippen LogP contribution in [0, 0.1) is 0 Å². The quantitative estimate of drug-likeness (QED) is 0.850. The molecule has 1 aliphatic rings. The highest BCUT2D eigenvalue weighted by atomic mass is 16.5. The number of para-hydroxylation sites is 1. The average molecular weight is 330 g/mol. The molecule has 24 heavy (non-hydrogen) atoms. The molecule has 2 heterocycles. The largest absolute Gasteiger partial charge is 0.480 e. The standard InChI is InChI=1S/C18H22N2O4/c1-24-13-9-16(18(22)23)20(11-13)17(21)8-4-5-12-10-19-15-7-3-2-6-14(12)15/h2-3,6-7,10,13,16,19H,4-5,8-9,11H2,1H3,(H,22,23). The fourth-order valence-corrected chi connectivity index (χ4v) is 3.39. The summed E-state index contributed by atoms with van der Waals surface area (Å²) in [5.41, 5.74) is 2.27. The molecule has 2 unspecified atom stereocenters. The van der Waals surface area contributed by atoms with Crippen molar-refractivity contribution in [3.05, 3.63) is 36.0 Å². The van der Waals surface area contributed by atoms with Gasteiger partial charge < -0.3 is 19.7 Å². The summed E-state index contributed by atoms with van der Waals surface area (Å²) in [5, 5.41) is 10.5. The predicted octanol–water partition coefficient (Wildman–Crippen LogP) is 2.19. The number of likely N-dealkylation sites (tertiary alicyclic amines) is 1. The second-order valence-corrected chi connectivity index (χ2v) is 6.21. The van der Waals surface area contributed by atoms with Gasteiger partial charge in [0.05, 0.1) is 6.10 Å². The molecule has 1 saturated heterocycles. The number of H-pyrrole nitrogens is 1. The summed E-state index contributed by atoms with van der Waals surface area (Å²) in [5.74, 6) is -1.07. The third-order valence-corrected chi connectivity index (χ3v) is 4.71. The lowest BCUT2D eigenvalue weighted by Gasteiger charge is -2.21. The monoisotopic (exact) mass is 330 g/mol. The number of benzene rings is 1. The van der Waals surface area contributed by atoms with Gasteiger partial charge >= 0.3 is 5.97 Å². The van der Waals surface area contributed by atoms with E-state index in [-0.39, 0.29) is 12.0 Å². The number of nitrogens with one attached hydrogen (secondary N) is 1. The van der Waals surface area contributed by atoms with Gasteiger partial charge in [-0.25, -0.2) is 4.79 Å². The van der Waals surface area contributed by atoms with Crippen LogP contribution < -0.4 is 0 Å². The molecule has 1 fully saturated rings. The molecule has 6 heteroatoms. The molecule has 128 valence electrons. The van der Waals surface area contributed by atoms with Crippen LogP contribution in [-0.4, -0.2) is 52.7 Å². The number of carboxylic acids is 1.